The van der Waals surface area contributed by atoms with Gasteiger partial charge < -0.3 is 10.0 Å². The van der Waals surface area contributed by atoms with Crippen molar-refractivity contribution in [3.63, 3.8) is 0 Å². The van der Waals surface area contributed by atoms with Gasteiger partial charge in [-0.1, -0.05) is 13.8 Å². The summed E-state index contributed by atoms with van der Waals surface area (Å²) in [5.41, 5.74) is 0. The van der Waals surface area contributed by atoms with Crippen molar-refractivity contribution in [2.24, 2.45) is 17.8 Å². The number of aliphatic hydroxyl groups is 1. The summed E-state index contributed by atoms with van der Waals surface area (Å²) in [6.07, 6.45) is 2.17. The van der Waals surface area contributed by atoms with E-state index in [1.165, 1.54) is 6.42 Å². The molecular formula is C13H27NO. The minimum absolute atomic E-state index is 0.0926. The lowest BCUT2D eigenvalue weighted by Crippen LogP contribution is -2.43. The van der Waals surface area contributed by atoms with Gasteiger partial charge >= 0.3 is 0 Å². The third-order valence-electron chi connectivity index (χ3n) is 4.02. The maximum absolute atomic E-state index is 10.1. The zero-order valence-corrected chi connectivity index (χ0v) is 10.9. The normalized spacial score (nSPS) is 37.6. The fraction of sp³-hybridized carbons (Fsp3) is 1.00. The van der Waals surface area contributed by atoms with Crippen molar-refractivity contribution in [1.82, 2.24) is 4.90 Å². The molecule has 4 atom stereocenters. The van der Waals surface area contributed by atoms with Crippen LogP contribution in [0.2, 0.25) is 0 Å². The SMILES string of the molecule is CC1CC(C)C(CN(C)C(C)C)C(O)C1. The Morgan fingerprint density at radius 2 is 1.87 bits per heavy atom. The van der Waals surface area contributed by atoms with Crippen molar-refractivity contribution in [2.75, 3.05) is 13.6 Å². The Balaban J connectivity index is 2.52. The summed E-state index contributed by atoms with van der Waals surface area (Å²) in [7, 11) is 2.15. The summed E-state index contributed by atoms with van der Waals surface area (Å²) in [6, 6.07) is 0.573. The summed E-state index contributed by atoms with van der Waals surface area (Å²) in [5.74, 6) is 1.81. The van der Waals surface area contributed by atoms with E-state index in [9.17, 15) is 5.11 Å². The van der Waals surface area contributed by atoms with Crippen LogP contribution in [0.25, 0.3) is 0 Å². The van der Waals surface area contributed by atoms with Crippen molar-refractivity contribution in [1.29, 1.82) is 0 Å². The number of rotatable bonds is 3. The first-order valence-electron chi connectivity index (χ1n) is 6.30. The van der Waals surface area contributed by atoms with Gasteiger partial charge in [-0.3, -0.25) is 0 Å². The molecule has 0 bridgehead atoms. The molecule has 0 aromatic heterocycles. The van der Waals surface area contributed by atoms with Crippen LogP contribution in [0.15, 0.2) is 0 Å². The van der Waals surface area contributed by atoms with Crippen molar-refractivity contribution >= 4 is 0 Å². The second-order valence-electron chi connectivity index (χ2n) is 5.82. The minimum Gasteiger partial charge on any atom is -0.393 e. The zero-order chi connectivity index (χ0) is 11.6. The molecule has 1 aliphatic rings. The molecule has 0 saturated heterocycles. The molecule has 1 aliphatic carbocycles. The van der Waals surface area contributed by atoms with Gasteiger partial charge in [-0.15, -0.1) is 0 Å². The Morgan fingerprint density at radius 1 is 1.27 bits per heavy atom. The average molecular weight is 213 g/mol. The first kappa shape index (κ1) is 13.0. The van der Waals surface area contributed by atoms with Crippen LogP contribution in [-0.4, -0.2) is 35.7 Å². The van der Waals surface area contributed by atoms with Crippen LogP contribution in [0.3, 0.4) is 0 Å². The molecule has 0 aromatic carbocycles. The van der Waals surface area contributed by atoms with Crippen molar-refractivity contribution in [3.8, 4) is 0 Å². The first-order valence-corrected chi connectivity index (χ1v) is 6.30. The second-order valence-corrected chi connectivity index (χ2v) is 5.82. The van der Waals surface area contributed by atoms with Gasteiger partial charge in [-0.25, -0.2) is 0 Å². The number of aliphatic hydroxyl groups excluding tert-OH is 1. The van der Waals surface area contributed by atoms with E-state index in [0.717, 1.165) is 13.0 Å². The van der Waals surface area contributed by atoms with E-state index in [2.05, 4.69) is 39.6 Å². The van der Waals surface area contributed by atoms with Gasteiger partial charge in [0, 0.05) is 18.5 Å². The Bertz CT molecular complexity index is 181. The van der Waals surface area contributed by atoms with Crippen LogP contribution in [-0.2, 0) is 0 Å². The second kappa shape index (κ2) is 5.31. The quantitative estimate of drug-likeness (QED) is 0.778. The molecule has 0 aliphatic heterocycles. The van der Waals surface area contributed by atoms with Gasteiger partial charge in [0.1, 0.15) is 0 Å². The van der Waals surface area contributed by atoms with Crippen molar-refractivity contribution < 1.29 is 5.11 Å². The fourth-order valence-corrected chi connectivity index (χ4v) is 2.72. The smallest absolute Gasteiger partial charge is 0.0585 e. The predicted molar refractivity (Wildman–Crippen MR) is 64.8 cm³/mol. The Labute approximate surface area is 94.7 Å². The molecule has 2 nitrogen and oxygen atoms in total. The van der Waals surface area contributed by atoms with Crippen molar-refractivity contribution in [2.45, 2.75) is 52.7 Å². The standard InChI is InChI=1S/C13H27NO/c1-9(2)14(5)8-12-11(4)6-10(3)7-13(12)15/h9-13,15H,6-8H2,1-5H3. The van der Waals surface area contributed by atoms with Crippen LogP contribution in [0, 0.1) is 17.8 Å². The van der Waals surface area contributed by atoms with Crippen LogP contribution in [0.4, 0.5) is 0 Å². The lowest BCUT2D eigenvalue weighted by atomic mass is 9.73. The van der Waals surface area contributed by atoms with Crippen LogP contribution < -0.4 is 0 Å². The number of hydrogen-bond donors (Lipinski definition) is 1. The highest BCUT2D eigenvalue weighted by Gasteiger charge is 2.33. The Kier molecular flexibility index (Phi) is 4.60. The van der Waals surface area contributed by atoms with Gasteiger partial charge in [-0.05, 0) is 45.6 Å². The topological polar surface area (TPSA) is 23.5 Å². The molecule has 4 unspecified atom stereocenters. The molecule has 2 heteroatoms. The lowest BCUT2D eigenvalue weighted by molar-refractivity contribution is -0.00213. The molecule has 0 radical (unpaired) electrons. The van der Waals surface area contributed by atoms with E-state index >= 15 is 0 Å². The minimum atomic E-state index is -0.0926. The van der Waals surface area contributed by atoms with Gasteiger partial charge in [0.25, 0.3) is 0 Å². The molecule has 0 amide bonds. The largest absolute Gasteiger partial charge is 0.393 e. The maximum atomic E-state index is 10.1. The summed E-state index contributed by atoms with van der Waals surface area (Å²) in [6.45, 7) is 10.00. The van der Waals surface area contributed by atoms with Gasteiger partial charge in [0.05, 0.1) is 6.10 Å². The van der Waals surface area contributed by atoms with Crippen LogP contribution in [0.1, 0.15) is 40.5 Å². The predicted octanol–water partition coefficient (Wildman–Crippen LogP) is 2.37. The summed E-state index contributed by atoms with van der Waals surface area (Å²) in [5, 5.41) is 10.1. The fourth-order valence-electron chi connectivity index (χ4n) is 2.72. The molecule has 1 rings (SSSR count). The lowest BCUT2D eigenvalue weighted by Gasteiger charge is -2.39. The highest BCUT2D eigenvalue weighted by molar-refractivity contribution is 4.84. The van der Waals surface area contributed by atoms with E-state index in [1.807, 2.05) is 0 Å². The third kappa shape index (κ3) is 3.46. The highest BCUT2D eigenvalue weighted by atomic mass is 16.3. The van der Waals surface area contributed by atoms with E-state index < -0.39 is 0 Å². The molecule has 0 heterocycles. The average Bonchev–Trinajstić information content (AvgIpc) is 2.10. The van der Waals surface area contributed by atoms with E-state index in [4.69, 9.17) is 0 Å². The van der Waals surface area contributed by atoms with Gasteiger partial charge in [-0.2, -0.15) is 0 Å². The molecule has 1 fully saturated rings. The Morgan fingerprint density at radius 3 is 2.33 bits per heavy atom. The molecular weight excluding hydrogens is 186 g/mol. The highest BCUT2D eigenvalue weighted by Crippen LogP contribution is 2.34. The van der Waals surface area contributed by atoms with Crippen molar-refractivity contribution in [3.05, 3.63) is 0 Å². The summed E-state index contributed by atoms with van der Waals surface area (Å²) in [4.78, 5) is 2.35. The van der Waals surface area contributed by atoms with E-state index in [1.54, 1.807) is 0 Å². The van der Waals surface area contributed by atoms with E-state index in [0.29, 0.717) is 23.8 Å². The molecule has 0 spiro atoms. The molecule has 15 heavy (non-hydrogen) atoms. The monoisotopic (exact) mass is 213 g/mol. The van der Waals surface area contributed by atoms with Crippen LogP contribution in [0.5, 0.6) is 0 Å². The van der Waals surface area contributed by atoms with Crippen LogP contribution >= 0.6 is 0 Å². The molecule has 1 N–H and O–H groups in total. The van der Waals surface area contributed by atoms with Gasteiger partial charge in [0.15, 0.2) is 0 Å². The summed E-state index contributed by atoms with van der Waals surface area (Å²) >= 11 is 0. The maximum Gasteiger partial charge on any atom is 0.0585 e. The third-order valence-corrected chi connectivity index (χ3v) is 4.02. The Hall–Kier alpha value is -0.0800. The summed E-state index contributed by atoms with van der Waals surface area (Å²) < 4.78 is 0. The van der Waals surface area contributed by atoms with Gasteiger partial charge in [0.2, 0.25) is 0 Å². The zero-order valence-electron chi connectivity index (χ0n) is 10.9. The number of hydrogen-bond acceptors (Lipinski definition) is 2. The first-order chi connectivity index (χ1) is 6.91. The molecule has 0 aromatic rings. The molecule has 1 saturated carbocycles. The molecule has 90 valence electrons. The van der Waals surface area contributed by atoms with E-state index in [-0.39, 0.29) is 6.10 Å². The number of nitrogens with zero attached hydrogens (tertiary/aromatic N) is 1.